The van der Waals surface area contributed by atoms with Crippen LogP contribution < -0.4 is 4.90 Å². The Bertz CT molecular complexity index is 926. The Kier molecular flexibility index (Phi) is 5.02. The van der Waals surface area contributed by atoms with Gasteiger partial charge in [0, 0.05) is 25.3 Å². The highest BCUT2D eigenvalue weighted by Gasteiger charge is 2.60. The van der Waals surface area contributed by atoms with Crippen molar-refractivity contribution in [3.8, 4) is 0 Å². The molecule has 0 N–H and O–H groups in total. The molecule has 31 heavy (non-hydrogen) atoms. The Hall–Kier alpha value is -1.15. The summed E-state index contributed by atoms with van der Waals surface area (Å²) in [6.45, 7) is 12.4. The molecule has 7 heteroatoms. The van der Waals surface area contributed by atoms with Gasteiger partial charge < -0.3 is 4.90 Å². The van der Waals surface area contributed by atoms with Crippen LogP contribution in [0.15, 0.2) is 24.3 Å². The molecule has 0 amide bonds. The number of para-hydroxylation sites is 1. The molecule has 1 aromatic carbocycles. The first kappa shape index (κ1) is 21.7. The van der Waals surface area contributed by atoms with Crippen molar-refractivity contribution < 1.29 is 16.8 Å². The molecular formula is C24H36N2O4S. The average Bonchev–Trinajstić information content (AvgIpc) is 3.43. The van der Waals surface area contributed by atoms with Crippen LogP contribution in [0.4, 0.5) is 5.69 Å². The lowest BCUT2D eigenvalue weighted by atomic mass is 9.60. The summed E-state index contributed by atoms with van der Waals surface area (Å²) in [5, 5.41) is 0. The van der Waals surface area contributed by atoms with Crippen LogP contribution in [0.2, 0.25) is 0 Å². The minimum atomic E-state index is -3.87. The fourth-order valence-corrected chi connectivity index (χ4v) is 7.52. The van der Waals surface area contributed by atoms with Crippen LogP contribution in [0.1, 0.15) is 71.3 Å². The van der Waals surface area contributed by atoms with E-state index in [9.17, 15) is 8.42 Å². The van der Waals surface area contributed by atoms with Gasteiger partial charge in [0.25, 0.3) is 5.91 Å². The van der Waals surface area contributed by atoms with Crippen molar-refractivity contribution in [2.45, 2.75) is 71.6 Å². The van der Waals surface area contributed by atoms with Crippen LogP contribution in [0.3, 0.4) is 0 Å². The molecule has 0 atom stereocenters. The SMILES string of the molecule is CC1(C)CC(c2ccccc2N2CCN(CC3CC3)C3(C2)OS(=O)(=O)O3)CC(C)(C)C1. The summed E-state index contributed by atoms with van der Waals surface area (Å²) in [5.74, 6) is -0.0435. The predicted molar refractivity (Wildman–Crippen MR) is 121 cm³/mol. The van der Waals surface area contributed by atoms with E-state index in [0.717, 1.165) is 19.6 Å². The zero-order chi connectivity index (χ0) is 22.1. The van der Waals surface area contributed by atoms with Crippen LogP contribution in [0.25, 0.3) is 0 Å². The van der Waals surface area contributed by atoms with E-state index in [4.69, 9.17) is 8.37 Å². The Balaban J connectivity index is 1.42. The van der Waals surface area contributed by atoms with Crippen molar-refractivity contribution >= 4 is 16.1 Å². The van der Waals surface area contributed by atoms with Crippen molar-refractivity contribution in [2.24, 2.45) is 16.7 Å². The maximum atomic E-state index is 11.8. The number of hydrogen-bond acceptors (Lipinski definition) is 6. The van der Waals surface area contributed by atoms with Gasteiger partial charge >= 0.3 is 10.4 Å². The Labute approximate surface area is 187 Å². The Morgan fingerprint density at radius 2 is 1.65 bits per heavy atom. The first-order valence-corrected chi connectivity index (χ1v) is 13.0. The van der Waals surface area contributed by atoms with Gasteiger partial charge in [-0.2, -0.15) is 16.8 Å². The zero-order valence-corrected chi connectivity index (χ0v) is 20.1. The van der Waals surface area contributed by atoms with E-state index >= 15 is 0 Å². The summed E-state index contributed by atoms with van der Waals surface area (Å²) in [7, 11) is -3.87. The summed E-state index contributed by atoms with van der Waals surface area (Å²) < 4.78 is 34.5. The Morgan fingerprint density at radius 1 is 1.00 bits per heavy atom. The van der Waals surface area contributed by atoms with Crippen molar-refractivity contribution in [1.29, 1.82) is 0 Å². The largest absolute Gasteiger partial charge is 0.407 e. The van der Waals surface area contributed by atoms with Gasteiger partial charge in [-0.1, -0.05) is 45.9 Å². The van der Waals surface area contributed by atoms with E-state index in [1.54, 1.807) is 0 Å². The first-order chi connectivity index (χ1) is 14.5. The summed E-state index contributed by atoms with van der Waals surface area (Å²) in [6, 6.07) is 8.66. The van der Waals surface area contributed by atoms with Gasteiger partial charge in [0.15, 0.2) is 0 Å². The molecule has 2 saturated heterocycles. The van der Waals surface area contributed by atoms with Gasteiger partial charge in [0.2, 0.25) is 0 Å². The number of anilines is 1. The second-order valence-electron chi connectivity index (χ2n) is 11.8. The van der Waals surface area contributed by atoms with E-state index in [-0.39, 0.29) is 0 Å². The molecule has 172 valence electrons. The molecule has 0 radical (unpaired) electrons. The third-order valence-corrected chi connectivity index (χ3v) is 8.35. The van der Waals surface area contributed by atoms with Crippen LogP contribution >= 0.6 is 0 Å². The smallest absolute Gasteiger partial charge is 0.363 e. The molecule has 0 aromatic heterocycles. The summed E-state index contributed by atoms with van der Waals surface area (Å²) in [4.78, 5) is 4.37. The number of nitrogens with zero attached hydrogens (tertiary/aromatic N) is 2. The monoisotopic (exact) mass is 448 g/mol. The van der Waals surface area contributed by atoms with Gasteiger partial charge in [-0.25, -0.2) is 4.90 Å². The van der Waals surface area contributed by atoms with Gasteiger partial charge in [-0.3, -0.25) is 0 Å². The number of piperazine rings is 1. The highest BCUT2D eigenvalue weighted by atomic mass is 32.3. The van der Waals surface area contributed by atoms with Crippen LogP contribution in [0.5, 0.6) is 0 Å². The van der Waals surface area contributed by atoms with Crippen LogP contribution in [0, 0.1) is 16.7 Å². The molecule has 1 spiro atoms. The highest BCUT2D eigenvalue weighted by molar-refractivity contribution is 7.82. The van der Waals surface area contributed by atoms with Gasteiger partial charge in [-0.05, 0) is 66.4 Å². The summed E-state index contributed by atoms with van der Waals surface area (Å²) in [5.41, 5.74) is 3.18. The minimum absolute atomic E-state index is 0.304. The predicted octanol–water partition coefficient (Wildman–Crippen LogP) is 4.48. The minimum Gasteiger partial charge on any atom is -0.363 e. The molecule has 2 heterocycles. The lowest BCUT2D eigenvalue weighted by molar-refractivity contribution is -0.281. The van der Waals surface area contributed by atoms with Gasteiger partial charge in [-0.15, -0.1) is 0 Å². The summed E-state index contributed by atoms with van der Waals surface area (Å²) in [6.07, 6.45) is 5.99. The Morgan fingerprint density at radius 3 is 2.26 bits per heavy atom. The molecule has 4 fully saturated rings. The fraction of sp³-hybridized carbons (Fsp3) is 0.750. The molecule has 6 nitrogen and oxygen atoms in total. The summed E-state index contributed by atoms with van der Waals surface area (Å²) >= 11 is 0. The maximum absolute atomic E-state index is 11.8. The van der Waals surface area contributed by atoms with Crippen molar-refractivity contribution in [3.05, 3.63) is 29.8 Å². The van der Waals surface area contributed by atoms with E-state index < -0.39 is 16.3 Å². The molecule has 0 bridgehead atoms. The fourth-order valence-electron chi connectivity index (χ4n) is 6.55. The molecule has 5 rings (SSSR count). The van der Waals surface area contributed by atoms with E-state index in [1.165, 1.54) is 43.4 Å². The molecule has 1 aromatic rings. The zero-order valence-electron chi connectivity index (χ0n) is 19.3. The maximum Gasteiger partial charge on any atom is 0.407 e. The average molecular weight is 449 g/mol. The van der Waals surface area contributed by atoms with Crippen molar-refractivity contribution in [2.75, 3.05) is 31.1 Å². The number of hydrogen-bond donors (Lipinski definition) is 0. The molecule has 2 aliphatic heterocycles. The van der Waals surface area contributed by atoms with E-state index in [2.05, 4.69) is 61.8 Å². The molecule has 0 unspecified atom stereocenters. The van der Waals surface area contributed by atoms with Crippen molar-refractivity contribution in [1.82, 2.24) is 4.90 Å². The lowest BCUT2D eigenvalue weighted by Crippen LogP contribution is -2.71. The van der Waals surface area contributed by atoms with E-state index in [1.807, 2.05) is 0 Å². The quantitative estimate of drug-likeness (QED) is 0.677. The second kappa shape index (κ2) is 7.17. The molecule has 2 aliphatic carbocycles. The lowest BCUT2D eigenvalue weighted by Gasteiger charge is -2.53. The standard InChI is InChI=1S/C24H36N2O4S/c1-22(2)13-19(14-23(3,4)16-22)20-7-5-6-8-21(20)25-11-12-26(15-18-9-10-18)24(17-25)29-31(27,28)30-24/h5-8,18-19H,9-17H2,1-4H3. The van der Waals surface area contributed by atoms with Crippen LogP contribution in [-0.2, 0) is 18.8 Å². The van der Waals surface area contributed by atoms with Crippen molar-refractivity contribution in [3.63, 3.8) is 0 Å². The second-order valence-corrected chi connectivity index (χ2v) is 12.9. The number of benzene rings is 1. The van der Waals surface area contributed by atoms with Crippen LogP contribution in [-0.4, -0.2) is 45.4 Å². The van der Waals surface area contributed by atoms with E-state index in [0.29, 0.717) is 29.2 Å². The molecular weight excluding hydrogens is 412 g/mol. The topological polar surface area (TPSA) is 59.1 Å². The molecule has 4 aliphatic rings. The highest BCUT2D eigenvalue weighted by Crippen LogP contribution is 2.53. The third-order valence-electron chi connectivity index (χ3n) is 7.42. The van der Waals surface area contributed by atoms with Gasteiger partial charge in [0.05, 0.1) is 6.54 Å². The molecule has 2 saturated carbocycles. The third kappa shape index (κ3) is 4.39. The normalized spacial score (nSPS) is 29.6. The number of rotatable bonds is 4. The first-order valence-electron chi connectivity index (χ1n) is 11.7. The van der Waals surface area contributed by atoms with Gasteiger partial charge in [0.1, 0.15) is 0 Å².